The van der Waals surface area contributed by atoms with E-state index in [4.69, 9.17) is 9.72 Å². The van der Waals surface area contributed by atoms with Crippen LogP contribution in [0.1, 0.15) is 56.2 Å². The van der Waals surface area contributed by atoms with Crippen molar-refractivity contribution in [3.05, 3.63) is 47.5 Å². The Balaban J connectivity index is 1.83. The number of nitrogens with zero attached hydrogens (tertiary/aromatic N) is 3. The van der Waals surface area contributed by atoms with Gasteiger partial charge in [-0.05, 0) is 49.3 Å². The van der Waals surface area contributed by atoms with E-state index in [-0.39, 0.29) is 30.4 Å². The molecule has 1 aromatic carbocycles. The Morgan fingerprint density at radius 3 is 2.82 bits per heavy atom. The van der Waals surface area contributed by atoms with Crippen LogP contribution in [-0.4, -0.2) is 48.6 Å². The maximum Gasteiger partial charge on any atom is 0.335 e. The number of carboxylic acids is 1. The summed E-state index contributed by atoms with van der Waals surface area (Å²) in [5.41, 5.74) is 2.97. The molecule has 8 nitrogen and oxygen atoms in total. The second-order valence-corrected chi connectivity index (χ2v) is 9.05. The number of aromatic nitrogens is 4. The van der Waals surface area contributed by atoms with E-state index in [0.717, 1.165) is 27.7 Å². The highest BCUT2D eigenvalue weighted by molar-refractivity contribution is 5.94. The Labute approximate surface area is 189 Å². The number of carboxylic acid groups (broad SMARTS) is 1. The number of rotatable bonds is 5. The summed E-state index contributed by atoms with van der Waals surface area (Å²) in [4.78, 5) is 16.6. The number of pyridine rings is 1. The summed E-state index contributed by atoms with van der Waals surface area (Å²) in [6, 6.07) is 6.68. The second kappa shape index (κ2) is 7.55. The molecule has 1 saturated carbocycles. The Morgan fingerprint density at radius 1 is 1.36 bits per heavy atom. The molecule has 1 fully saturated rings. The number of methoxy groups -OCH3 is 1. The van der Waals surface area contributed by atoms with Gasteiger partial charge in [0, 0.05) is 28.4 Å². The summed E-state index contributed by atoms with van der Waals surface area (Å²) in [6.07, 6.45) is 2.50. The smallest absolute Gasteiger partial charge is 0.335 e. The number of hydrogen-bond donors (Lipinski definition) is 3. The molecular formula is C24H25FN4O4. The highest BCUT2D eigenvalue weighted by atomic mass is 19.1. The number of H-pyrrole nitrogens is 1. The predicted octanol–water partition coefficient (Wildman–Crippen LogP) is 4.26. The van der Waals surface area contributed by atoms with Gasteiger partial charge in [-0.25, -0.2) is 14.2 Å². The maximum absolute atomic E-state index is 14.2. The van der Waals surface area contributed by atoms with E-state index >= 15 is 0 Å². The molecule has 0 bridgehead atoms. The number of carbonyl (C=O) groups is 1. The Hall–Kier alpha value is -3.46. The van der Waals surface area contributed by atoms with Crippen LogP contribution >= 0.6 is 0 Å². The van der Waals surface area contributed by atoms with Crippen molar-refractivity contribution in [1.29, 1.82) is 0 Å². The van der Waals surface area contributed by atoms with Crippen LogP contribution < -0.4 is 4.74 Å². The predicted molar refractivity (Wildman–Crippen MR) is 120 cm³/mol. The molecule has 0 aliphatic heterocycles. The van der Waals surface area contributed by atoms with Crippen LogP contribution in [0.3, 0.4) is 0 Å². The highest BCUT2D eigenvalue weighted by Crippen LogP contribution is 2.47. The highest BCUT2D eigenvalue weighted by Gasteiger charge is 2.46. The van der Waals surface area contributed by atoms with E-state index in [1.165, 1.54) is 13.2 Å². The van der Waals surface area contributed by atoms with Crippen LogP contribution in [0.4, 0.5) is 4.39 Å². The molecule has 0 unspecified atom stereocenters. The fourth-order valence-electron chi connectivity index (χ4n) is 5.11. The van der Waals surface area contributed by atoms with Gasteiger partial charge in [0.1, 0.15) is 0 Å². The van der Waals surface area contributed by atoms with Crippen molar-refractivity contribution < 1.29 is 24.1 Å². The zero-order chi connectivity index (χ0) is 23.5. The number of halogens is 1. The minimum absolute atomic E-state index is 0.0419. The van der Waals surface area contributed by atoms with Crippen molar-refractivity contribution in [1.82, 2.24) is 19.7 Å². The minimum Gasteiger partial charge on any atom is -0.494 e. The summed E-state index contributed by atoms with van der Waals surface area (Å²) < 4.78 is 21.5. The minimum atomic E-state index is -1.76. The lowest BCUT2D eigenvalue weighted by Crippen LogP contribution is -2.35. The normalized spacial score (nSPS) is 20.8. The number of ether oxygens (including phenoxy) is 1. The van der Waals surface area contributed by atoms with Crippen LogP contribution in [0.15, 0.2) is 30.5 Å². The second-order valence-electron chi connectivity index (χ2n) is 9.05. The molecule has 33 heavy (non-hydrogen) atoms. The molecule has 1 aliphatic carbocycles. The van der Waals surface area contributed by atoms with E-state index < -0.39 is 17.4 Å². The number of aromatic amines is 1. The van der Waals surface area contributed by atoms with E-state index in [1.54, 1.807) is 18.3 Å². The van der Waals surface area contributed by atoms with Gasteiger partial charge < -0.3 is 19.5 Å². The molecule has 3 heterocycles. The van der Waals surface area contributed by atoms with E-state index in [0.29, 0.717) is 17.8 Å². The molecule has 0 spiro atoms. The van der Waals surface area contributed by atoms with Gasteiger partial charge >= 0.3 is 5.97 Å². The fraction of sp³-hybridized carbons (Fsp3) is 0.375. The van der Waals surface area contributed by atoms with Gasteiger partial charge in [0.15, 0.2) is 22.8 Å². The molecule has 5 rings (SSSR count). The Kier molecular flexibility index (Phi) is 4.89. The van der Waals surface area contributed by atoms with Gasteiger partial charge in [-0.3, -0.25) is 5.10 Å². The molecule has 2 atom stereocenters. The topological polar surface area (TPSA) is 113 Å². The molecular weight excluding hydrogens is 427 g/mol. The summed E-state index contributed by atoms with van der Waals surface area (Å²) in [5.74, 6) is -1.68. The quantitative estimate of drug-likeness (QED) is 0.417. The van der Waals surface area contributed by atoms with Crippen LogP contribution in [0.5, 0.6) is 5.75 Å². The third-order valence-corrected chi connectivity index (χ3v) is 6.66. The van der Waals surface area contributed by atoms with Crippen LogP contribution in [0, 0.1) is 5.82 Å². The summed E-state index contributed by atoms with van der Waals surface area (Å²) >= 11 is 0. The van der Waals surface area contributed by atoms with Crippen molar-refractivity contribution >= 4 is 28.0 Å². The molecule has 9 heteroatoms. The third-order valence-electron chi connectivity index (χ3n) is 6.66. The number of benzene rings is 1. The third kappa shape index (κ3) is 3.26. The fourth-order valence-corrected chi connectivity index (χ4v) is 5.11. The zero-order valence-corrected chi connectivity index (χ0v) is 18.6. The molecule has 172 valence electrons. The van der Waals surface area contributed by atoms with Crippen molar-refractivity contribution in [2.24, 2.45) is 0 Å². The van der Waals surface area contributed by atoms with Crippen molar-refractivity contribution in [2.75, 3.05) is 7.11 Å². The number of fused-ring (bicyclic) bond motifs is 2. The van der Waals surface area contributed by atoms with Gasteiger partial charge in [0.25, 0.3) is 0 Å². The first kappa shape index (κ1) is 21.4. The van der Waals surface area contributed by atoms with Gasteiger partial charge in [0.2, 0.25) is 0 Å². The Bertz CT molecular complexity index is 1390. The molecule has 0 saturated heterocycles. The molecule has 0 radical (unpaired) electrons. The molecule has 3 N–H and O–H groups in total. The lowest BCUT2D eigenvalue weighted by molar-refractivity contribution is -0.157. The number of aliphatic hydroxyl groups is 1. The van der Waals surface area contributed by atoms with Crippen LogP contribution in [0.2, 0.25) is 0 Å². The van der Waals surface area contributed by atoms with Crippen molar-refractivity contribution in [3.8, 4) is 11.4 Å². The van der Waals surface area contributed by atoms with Gasteiger partial charge in [-0.15, -0.1) is 0 Å². The SMILES string of the molecule is COc1cc(-n2c(C(C)C)c([C@@H]3CC[C@@](O)(C(=O)O)C3)c3nc4[nH]ncc4cc32)ccc1F. The van der Waals surface area contributed by atoms with Gasteiger partial charge in [0.05, 0.1) is 24.3 Å². The summed E-state index contributed by atoms with van der Waals surface area (Å²) in [6.45, 7) is 4.11. The standard InChI is InChI=1S/C24H25FN4O4/c1-12(2)21-19(13-6-7-24(32,10-13)23(30)31)20-17(8-14-11-26-28-22(14)27-20)29(21)15-4-5-16(25)18(9-15)33-3/h4-5,8-9,11-13,32H,6-7,10H2,1-3H3,(H,30,31)(H,26,27,28)/t13-,24+/m1/s1. The average Bonchev–Trinajstić information content (AvgIpc) is 3.48. The first-order chi connectivity index (χ1) is 15.7. The van der Waals surface area contributed by atoms with E-state index in [9.17, 15) is 19.4 Å². The zero-order valence-electron chi connectivity index (χ0n) is 18.6. The monoisotopic (exact) mass is 452 g/mol. The number of aliphatic carboxylic acids is 1. The van der Waals surface area contributed by atoms with Gasteiger partial charge in [-0.1, -0.05) is 13.8 Å². The lowest BCUT2D eigenvalue weighted by Gasteiger charge is -2.20. The maximum atomic E-state index is 14.2. The van der Waals surface area contributed by atoms with Crippen LogP contribution in [0.25, 0.3) is 27.8 Å². The van der Waals surface area contributed by atoms with E-state index in [2.05, 4.69) is 24.0 Å². The molecule has 0 amide bonds. The van der Waals surface area contributed by atoms with Crippen molar-refractivity contribution in [2.45, 2.75) is 50.5 Å². The first-order valence-corrected chi connectivity index (χ1v) is 10.9. The van der Waals surface area contributed by atoms with Crippen LogP contribution in [-0.2, 0) is 4.79 Å². The average molecular weight is 452 g/mol. The summed E-state index contributed by atoms with van der Waals surface area (Å²) in [5, 5.41) is 28.1. The Morgan fingerprint density at radius 2 is 2.15 bits per heavy atom. The van der Waals surface area contributed by atoms with E-state index in [1.807, 2.05) is 10.6 Å². The van der Waals surface area contributed by atoms with Crippen molar-refractivity contribution in [3.63, 3.8) is 0 Å². The number of hydrogen-bond acceptors (Lipinski definition) is 5. The summed E-state index contributed by atoms with van der Waals surface area (Å²) in [7, 11) is 1.42. The largest absolute Gasteiger partial charge is 0.494 e. The molecule has 1 aliphatic rings. The lowest BCUT2D eigenvalue weighted by atomic mass is 9.90. The number of nitrogens with one attached hydrogen (secondary N) is 1. The van der Waals surface area contributed by atoms with Gasteiger partial charge in [-0.2, -0.15) is 5.10 Å². The first-order valence-electron chi connectivity index (χ1n) is 10.9. The molecule has 4 aromatic rings. The molecule has 3 aromatic heterocycles.